The first-order chi connectivity index (χ1) is 5.27. The number of hydrazone groups is 1. The first-order valence-corrected chi connectivity index (χ1v) is 4.47. The van der Waals surface area contributed by atoms with Crippen LogP contribution >= 0.6 is 0 Å². The van der Waals surface area contributed by atoms with Crippen molar-refractivity contribution >= 4 is 6.21 Å². The van der Waals surface area contributed by atoms with Gasteiger partial charge in [-0.25, -0.2) is 0 Å². The van der Waals surface area contributed by atoms with E-state index >= 15 is 0 Å². The molecule has 11 heavy (non-hydrogen) atoms. The zero-order chi connectivity index (χ0) is 8.53. The molecule has 0 aromatic carbocycles. The second-order valence-electron chi connectivity index (χ2n) is 2.99. The van der Waals surface area contributed by atoms with E-state index in [0.29, 0.717) is 0 Å². The maximum Gasteiger partial charge on any atom is 0.0244 e. The van der Waals surface area contributed by atoms with Gasteiger partial charge in [0.05, 0.1) is 0 Å². The molecule has 0 N–H and O–H groups in total. The smallest absolute Gasteiger partial charge is 0.0244 e. The molecule has 0 heterocycles. The van der Waals surface area contributed by atoms with E-state index in [-0.39, 0.29) is 0 Å². The predicted octanol–water partition coefficient (Wildman–Crippen LogP) is 2.50. The monoisotopic (exact) mass is 156 g/mol. The van der Waals surface area contributed by atoms with Crippen molar-refractivity contribution in [1.29, 1.82) is 0 Å². The normalized spacial score (nSPS) is 10.8. The van der Waals surface area contributed by atoms with Crippen LogP contribution in [-0.4, -0.2) is 25.3 Å². The van der Waals surface area contributed by atoms with Crippen LogP contribution in [-0.2, 0) is 0 Å². The van der Waals surface area contributed by atoms with Crippen LogP contribution in [0.1, 0.15) is 39.0 Å². The molecule has 0 saturated heterocycles. The van der Waals surface area contributed by atoms with Gasteiger partial charge in [0.25, 0.3) is 0 Å². The summed E-state index contributed by atoms with van der Waals surface area (Å²) >= 11 is 0. The topological polar surface area (TPSA) is 15.6 Å². The van der Waals surface area contributed by atoms with Crippen molar-refractivity contribution in [1.82, 2.24) is 5.01 Å². The van der Waals surface area contributed by atoms with Crippen LogP contribution in [0.4, 0.5) is 0 Å². The predicted molar refractivity (Wildman–Crippen MR) is 50.9 cm³/mol. The lowest BCUT2D eigenvalue weighted by atomic mass is 10.2. The SMILES string of the molecule is CCCCCC/C=N/N(C)C. The van der Waals surface area contributed by atoms with Gasteiger partial charge in [0.15, 0.2) is 0 Å². The Hall–Kier alpha value is -0.530. The molecule has 0 radical (unpaired) electrons. The molecule has 0 spiro atoms. The van der Waals surface area contributed by atoms with E-state index in [0.717, 1.165) is 6.42 Å². The lowest BCUT2D eigenvalue weighted by Crippen LogP contribution is -2.01. The summed E-state index contributed by atoms with van der Waals surface area (Å²) < 4.78 is 0. The van der Waals surface area contributed by atoms with Gasteiger partial charge in [0, 0.05) is 20.3 Å². The summed E-state index contributed by atoms with van der Waals surface area (Å²) in [6.07, 6.45) is 8.41. The summed E-state index contributed by atoms with van der Waals surface area (Å²) in [5.74, 6) is 0. The Kier molecular flexibility index (Phi) is 7.21. The minimum Gasteiger partial charge on any atom is -0.303 e. The van der Waals surface area contributed by atoms with Crippen LogP contribution in [0.2, 0.25) is 0 Å². The van der Waals surface area contributed by atoms with E-state index in [4.69, 9.17) is 0 Å². The minimum atomic E-state index is 1.12. The Morgan fingerprint density at radius 1 is 1.18 bits per heavy atom. The zero-order valence-electron chi connectivity index (χ0n) is 8.01. The number of nitrogens with zero attached hydrogens (tertiary/aromatic N) is 2. The maximum absolute atomic E-state index is 4.13. The first kappa shape index (κ1) is 10.5. The molecular formula is C9H20N2. The van der Waals surface area contributed by atoms with E-state index < -0.39 is 0 Å². The van der Waals surface area contributed by atoms with Gasteiger partial charge in [-0.2, -0.15) is 5.10 Å². The van der Waals surface area contributed by atoms with Crippen molar-refractivity contribution in [3.63, 3.8) is 0 Å². The molecule has 0 rings (SSSR count). The number of rotatable bonds is 6. The Morgan fingerprint density at radius 3 is 2.45 bits per heavy atom. The number of hydrogen-bond acceptors (Lipinski definition) is 2. The summed E-state index contributed by atoms with van der Waals surface area (Å²) in [5.41, 5.74) is 0. The fourth-order valence-corrected chi connectivity index (χ4v) is 0.883. The van der Waals surface area contributed by atoms with Crippen LogP contribution in [0.5, 0.6) is 0 Å². The van der Waals surface area contributed by atoms with Gasteiger partial charge in [-0.3, -0.25) is 0 Å². The van der Waals surface area contributed by atoms with E-state index in [9.17, 15) is 0 Å². The van der Waals surface area contributed by atoms with Crippen molar-refractivity contribution < 1.29 is 0 Å². The standard InChI is InChI=1S/C9H20N2/c1-4-5-6-7-8-9-10-11(2)3/h9H,4-8H2,1-3H3/b10-9+. The Bertz CT molecular complexity index is 97.7. The first-order valence-electron chi connectivity index (χ1n) is 4.47. The van der Waals surface area contributed by atoms with Crippen molar-refractivity contribution in [3.8, 4) is 0 Å². The lowest BCUT2D eigenvalue weighted by molar-refractivity contribution is 0.438. The van der Waals surface area contributed by atoms with Crippen molar-refractivity contribution in [2.24, 2.45) is 5.10 Å². The average molecular weight is 156 g/mol. The van der Waals surface area contributed by atoms with Gasteiger partial charge in [-0.15, -0.1) is 0 Å². The molecule has 0 bridgehead atoms. The molecule has 0 amide bonds. The summed E-state index contributed by atoms with van der Waals surface area (Å²) in [4.78, 5) is 0. The Morgan fingerprint density at radius 2 is 1.91 bits per heavy atom. The fourth-order valence-electron chi connectivity index (χ4n) is 0.883. The minimum absolute atomic E-state index is 1.12. The highest BCUT2D eigenvalue weighted by Crippen LogP contribution is 2.00. The Balaban J connectivity index is 3.01. The summed E-state index contributed by atoms with van der Waals surface area (Å²) in [6.45, 7) is 2.23. The molecule has 0 aromatic rings. The molecule has 66 valence electrons. The highest BCUT2D eigenvalue weighted by Gasteiger charge is 1.84. The van der Waals surface area contributed by atoms with E-state index in [1.807, 2.05) is 25.3 Å². The Labute approximate surface area is 70.3 Å². The molecule has 0 aliphatic carbocycles. The third-order valence-electron chi connectivity index (χ3n) is 1.50. The second-order valence-corrected chi connectivity index (χ2v) is 2.99. The molecule has 0 atom stereocenters. The second kappa shape index (κ2) is 7.58. The van der Waals surface area contributed by atoms with Gasteiger partial charge >= 0.3 is 0 Å². The molecule has 2 nitrogen and oxygen atoms in total. The molecule has 0 aliphatic rings. The van der Waals surface area contributed by atoms with Crippen LogP contribution in [0.15, 0.2) is 5.10 Å². The van der Waals surface area contributed by atoms with E-state index in [2.05, 4.69) is 12.0 Å². The summed E-state index contributed by atoms with van der Waals surface area (Å²) in [5, 5.41) is 5.96. The molecular weight excluding hydrogens is 136 g/mol. The lowest BCUT2D eigenvalue weighted by Gasteiger charge is -2.01. The van der Waals surface area contributed by atoms with Gasteiger partial charge < -0.3 is 5.01 Å². The molecule has 0 unspecified atom stereocenters. The zero-order valence-corrected chi connectivity index (χ0v) is 8.01. The number of hydrogen-bond donors (Lipinski definition) is 0. The highest BCUT2D eigenvalue weighted by molar-refractivity contribution is 5.56. The summed E-state index contributed by atoms with van der Waals surface area (Å²) in [6, 6.07) is 0. The third-order valence-corrected chi connectivity index (χ3v) is 1.50. The van der Waals surface area contributed by atoms with Crippen LogP contribution in [0.25, 0.3) is 0 Å². The van der Waals surface area contributed by atoms with Crippen molar-refractivity contribution in [2.45, 2.75) is 39.0 Å². The molecule has 0 aromatic heterocycles. The molecule has 0 aliphatic heterocycles. The number of unbranched alkanes of at least 4 members (excludes halogenated alkanes) is 4. The highest BCUT2D eigenvalue weighted by atomic mass is 15.4. The molecule has 0 saturated carbocycles. The van der Waals surface area contributed by atoms with Gasteiger partial charge in [-0.05, 0) is 12.8 Å². The molecule has 0 fully saturated rings. The van der Waals surface area contributed by atoms with Gasteiger partial charge in [0.1, 0.15) is 0 Å². The van der Waals surface area contributed by atoms with Crippen molar-refractivity contribution in [3.05, 3.63) is 0 Å². The van der Waals surface area contributed by atoms with Crippen LogP contribution in [0, 0.1) is 0 Å². The summed E-state index contributed by atoms with van der Waals surface area (Å²) in [7, 11) is 3.89. The van der Waals surface area contributed by atoms with E-state index in [1.165, 1.54) is 25.7 Å². The van der Waals surface area contributed by atoms with Crippen LogP contribution < -0.4 is 0 Å². The van der Waals surface area contributed by atoms with Crippen LogP contribution in [0.3, 0.4) is 0 Å². The largest absolute Gasteiger partial charge is 0.303 e. The average Bonchev–Trinajstić information content (AvgIpc) is 1.96. The fraction of sp³-hybridized carbons (Fsp3) is 0.889. The maximum atomic E-state index is 4.13. The quantitative estimate of drug-likeness (QED) is 0.328. The third kappa shape index (κ3) is 9.47. The van der Waals surface area contributed by atoms with Crippen molar-refractivity contribution in [2.75, 3.05) is 14.1 Å². The van der Waals surface area contributed by atoms with Gasteiger partial charge in [-0.1, -0.05) is 26.2 Å². The molecule has 2 heteroatoms. The van der Waals surface area contributed by atoms with E-state index in [1.54, 1.807) is 0 Å². The van der Waals surface area contributed by atoms with Gasteiger partial charge in [0.2, 0.25) is 0 Å².